The molecule has 2 atom stereocenters. The Labute approximate surface area is 117 Å². The maximum atomic E-state index is 13.7. The molecular weight excluding hydrogens is 264 g/mol. The van der Waals surface area contributed by atoms with E-state index in [1.165, 1.54) is 25.3 Å². The van der Waals surface area contributed by atoms with Crippen molar-refractivity contribution in [3.8, 4) is 0 Å². The van der Waals surface area contributed by atoms with Gasteiger partial charge in [0.15, 0.2) is 0 Å². The number of halogens is 2. The van der Waals surface area contributed by atoms with Crippen LogP contribution in [0.25, 0.3) is 0 Å². The minimum absolute atomic E-state index is 0.0604. The first-order valence-electron chi connectivity index (χ1n) is 6.74. The lowest BCUT2D eigenvalue weighted by molar-refractivity contribution is -0.148. The van der Waals surface area contributed by atoms with Crippen LogP contribution >= 0.6 is 0 Å². The highest BCUT2D eigenvalue weighted by Gasteiger charge is 2.30. The van der Waals surface area contributed by atoms with Gasteiger partial charge < -0.3 is 4.74 Å². The van der Waals surface area contributed by atoms with Gasteiger partial charge in [0, 0.05) is 25.2 Å². The zero-order valence-corrected chi connectivity index (χ0v) is 11.7. The van der Waals surface area contributed by atoms with E-state index in [-0.39, 0.29) is 24.0 Å². The number of piperidine rings is 1. The standard InChI is InChI=1S/C15H19F2NO2/c1-10-6-11(15(19)20-2)8-18(7-10)9-12-13(16)4-3-5-14(12)17/h3-5,10-11H,6-9H2,1-2H3. The van der Waals surface area contributed by atoms with Gasteiger partial charge in [-0.25, -0.2) is 8.78 Å². The monoisotopic (exact) mass is 283 g/mol. The molecule has 0 saturated carbocycles. The average molecular weight is 283 g/mol. The van der Waals surface area contributed by atoms with E-state index in [9.17, 15) is 13.6 Å². The summed E-state index contributed by atoms with van der Waals surface area (Å²) in [7, 11) is 1.36. The summed E-state index contributed by atoms with van der Waals surface area (Å²) < 4.78 is 32.1. The molecule has 1 aliphatic rings. The van der Waals surface area contributed by atoms with E-state index in [1.807, 2.05) is 11.8 Å². The molecule has 0 aromatic heterocycles. The minimum atomic E-state index is -0.544. The van der Waals surface area contributed by atoms with Gasteiger partial charge in [0.25, 0.3) is 0 Å². The summed E-state index contributed by atoms with van der Waals surface area (Å²) in [5, 5.41) is 0. The number of ether oxygens (including phenoxy) is 1. The lowest BCUT2D eigenvalue weighted by Crippen LogP contribution is -2.42. The van der Waals surface area contributed by atoms with Crippen molar-refractivity contribution in [1.82, 2.24) is 4.90 Å². The fraction of sp³-hybridized carbons (Fsp3) is 0.533. The van der Waals surface area contributed by atoms with E-state index < -0.39 is 11.6 Å². The first-order chi connectivity index (χ1) is 9.51. The molecule has 1 aromatic carbocycles. The van der Waals surface area contributed by atoms with Gasteiger partial charge in [-0.3, -0.25) is 9.69 Å². The number of rotatable bonds is 3. The van der Waals surface area contributed by atoms with Crippen LogP contribution in [0.5, 0.6) is 0 Å². The Morgan fingerprint density at radius 2 is 2.00 bits per heavy atom. The molecule has 0 radical (unpaired) electrons. The van der Waals surface area contributed by atoms with Crippen molar-refractivity contribution >= 4 is 5.97 Å². The fourth-order valence-corrected chi connectivity index (χ4v) is 2.84. The highest BCUT2D eigenvalue weighted by atomic mass is 19.1. The third kappa shape index (κ3) is 3.33. The van der Waals surface area contributed by atoms with Crippen molar-refractivity contribution in [1.29, 1.82) is 0 Å². The number of benzene rings is 1. The molecule has 5 heteroatoms. The number of nitrogens with zero attached hydrogens (tertiary/aromatic N) is 1. The number of likely N-dealkylation sites (tertiary alicyclic amines) is 1. The number of hydrogen-bond acceptors (Lipinski definition) is 3. The zero-order valence-electron chi connectivity index (χ0n) is 11.7. The number of esters is 1. The van der Waals surface area contributed by atoms with Gasteiger partial charge in [0.05, 0.1) is 13.0 Å². The van der Waals surface area contributed by atoms with Crippen LogP contribution in [0.4, 0.5) is 8.78 Å². The molecule has 0 bridgehead atoms. The predicted molar refractivity (Wildman–Crippen MR) is 70.9 cm³/mol. The SMILES string of the molecule is COC(=O)C1CC(C)CN(Cc2c(F)cccc2F)C1. The summed E-state index contributed by atoms with van der Waals surface area (Å²) in [4.78, 5) is 13.6. The summed E-state index contributed by atoms with van der Waals surface area (Å²) in [6.45, 7) is 3.40. The molecule has 2 unspecified atom stereocenters. The van der Waals surface area contributed by atoms with Gasteiger partial charge in [-0.2, -0.15) is 0 Å². The lowest BCUT2D eigenvalue weighted by atomic mass is 9.90. The third-order valence-corrected chi connectivity index (χ3v) is 3.71. The van der Waals surface area contributed by atoms with E-state index in [4.69, 9.17) is 4.74 Å². The van der Waals surface area contributed by atoms with Gasteiger partial charge in [0.1, 0.15) is 11.6 Å². The van der Waals surface area contributed by atoms with E-state index in [1.54, 1.807) is 0 Å². The summed E-state index contributed by atoms with van der Waals surface area (Å²) in [5.41, 5.74) is 0.0604. The summed E-state index contributed by atoms with van der Waals surface area (Å²) in [5.74, 6) is -1.27. The van der Waals surface area contributed by atoms with Crippen molar-refractivity contribution in [3.05, 3.63) is 35.4 Å². The number of carbonyl (C=O) groups excluding carboxylic acids is 1. The van der Waals surface area contributed by atoms with Crippen molar-refractivity contribution in [2.24, 2.45) is 11.8 Å². The molecule has 1 fully saturated rings. The maximum absolute atomic E-state index is 13.7. The number of methoxy groups -OCH3 is 1. The molecule has 0 spiro atoms. The van der Waals surface area contributed by atoms with Crippen molar-refractivity contribution in [2.75, 3.05) is 20.2 Å². The van der Waals surface area contributed by atoms with Crippen molar-refractivity contribution in [3.63, 3.8) is 0 Å². The zero-order chi connectivity index (χ0) is 14.7. The lowest BCUT2D eigenvalue weighted by Gasteiger charge is -2.35. The van der Waals surface area contributed by atoms with Gasteiger partial charge in [0.2, 0.25) is 0 Å². The van der Waals surface area contributed by atoms with E-state index >= 15 is 0 Å². The van der Waals surface area contributed by atoms with E-state index in [2.05, 4.69) is 0 Å². The summed E-state index contributed by atoms with van der Waals surface area (Å²) in [6.07, 6.45) is 0.753. The van der Waals surface area contributed by atoms with Gasteiger partial charge >= 0.3 is 5.97 Å². The van der Waals surface area contributed by atoms with Crippen LogP contribution in [0.15, 0.2) is 18.2 Å². The summed E-state index contributed by atoms with van der Waals surface area (Å²) in [6, 6.07) is 3.86. The molecule has 0 amide bonds. The molecule has 110 valence electrons. The van der Waals surface area contributed by atoms with Gasteiger partial charge in [-0.1, -0.05) is 13.0 Å². The molecule has 1 saturated heterocycles. The Balaban J connectivity index is 2.10. The Bertz CT molecular complexity index is 473. The maximum Gasteiger partial charge on any atom is 0.309 e. The van der Waals surface area contributed by atoms with E-state index in [0.717, 1.165) is 13.0 Å². The van der Waals surface area contributed by atoms with Crippen molar-refractivity contribution < 1.29 is 18.3 Å². The smallest absolute Gasteiger partial charge is 0.309 e. The quantitative estimate of drug-likeness (QED) is 0.799. The first kappa shape index (κ1) is 14.9. The van der Waals surface area contributed by atoms with Crippen LogP contribution in [-0.2, 0) is 16.1 Å². The second kappa shape index (κ2) is 6.31. The molecule has 1 aromatic rings. The predicted octanol–water partition coefficient (Wildman–Crippen LogP) is 2.60. The molecule has 2 rings (SSSR count). The van der Waals surface area contributed by atoms with Crippen LogP contribution in [-0.4, -0.2) is 31.1 Å². The molecule has 0 aliphatic carbocycles. The van der Waals surface area contributed by atoms with Crippen LogP contribution in [0, 0.1) is 23.5 Å². The number of hydrogen-bond donors (Lipinski definition) is 0. The number of carbonyl (C=O) groups is 1. The molecule has 0 N–H and O–H groups in total. The Kier molecular flexibility index (Phi) is 4.70. The van der Waals surface area contributed by atoms with Crippen LogP contribution in [0.1, 0.15) is 18.9 Å². The van der Waals surface area contributed by atoms with E-state index in [0.29, 0.717) is 12.5 Å². The van der Waals surface area contributed by atoms with Gasteiger partial charge in [-0.05, 0) is 24.5 Å². The average Bonchev–Trinajstić information content (AvgIpc) is 2.41. The van der Waals surface area contributed by atoms with Crippen LogP contribution in [0.3, 0.4) is 0 Å². The molecular formula is C15H19F2NO2. The highest BCUT2D eigenvalue weighted by molar-refractivity contribution is 5.72. The highest BCUT2D eigenvalue weighted by Crippen LogP contribution is 2.25. The molecule has 3 nitrogen and oxygen atoms in total. The normalized spacial score (nSPS) is 23.6. The Morgan fingerprint density at radius 1 is 1.35 bits per heavy atom. The molecule has 1 heterocycles. The van der Waals surface area contributed by atoms with Gasteiger partial charge in [-0.15, -0.1) is 0 Å². The third-order valence-electron chi connectivity index (χ3n) is 3.71. The first-order valence-corrected chi connectivity index (χ1v) is 6.74. The Hall–Kier alpha value is -1.49. The van der Waals surface area contributed by atoms with Crippen LogP contribution in [0.2, 0.25) is 0 Å². The second-order valence-electron chi connectivity index (χ2n) is 5.46. The largest absolute Gasteiger partial charge is 0.469 e. The second-order valence-corrected chi connectivity index (χ2v) is 5.46. The topological polar surface area (TPSA) is 29.5 Å². The fourth-order valence-electron chi connectivity index (χ4n) is 2.84. The minimum Gasteiger partial charge on any atom is -0.469 e. The molecule has 1 aliphatic heterocycles. The molecule has 20 heavy (non-hydrogen) atoms. The Morgan fingerprint density at radius 3 is 2.60 bits per heavy atom. The summed E-state index contributed by atoms with van der Waals surface area (Å²) >= 11 is 0. The van der Waals surface area contributed by atoms with Crippen molar-refractivity contribution in [2.45, 2.75) is 19.9 Å². The van der Waals surface area contributed by atoms with Crippen LogP contribution < -0.4 is 0 Å².